The zero-order chi connectivity index (χ0) is 23.4. The fourth-order valence-corrected chi connectivity index (χ4v) is 4.56. The van der Waals surface area contributed by atoms with Crippen molar-refractivity contribution in [1.82, 2.24) is 0 Å². The van der Waals surface area contributed by atoms with Gasteiger partial charge in [-0.25, -0.2) is 0 Å². The topological polar surface area (TPSA) is 123 Å². The van der Waals surface area contributed by atoms with Gasteiger partial charge >= 0.3 is 11.9 Å². The van der Waals surface area contributed by atoms with Crippen LogP contribution in [-0.2, 0) is 25.2 Å². The summed E-state index contributed by atoms with van der Waals surface area (Å²) in [5.41, 5.74) is 0.270. The summed E-state index contributed by atoms with van der Waals surface area (Å²) < 4.78 is 16.7. The summed E-state index contributed by atoms with van der Waals surface area (Å²) in [5, 5.41) is 27.3. The number of esters is 1. The second-order valence-electron chi connectivity index (χ2n) is 9.29. The molecule has 0 amide bonds. The predicted molar refractivity (Wildman–Crippen MR) is 116 cm³/mol. The van der Waals surface area contributed by atoms with Gasteiger partial charge in [-0.05, 0) is 67.5 Å². The van der Waals surface area contributed by atoms with E-state index in [4.69, 9.17) is 24.4 Å². The maximum absolute atomic E-state index is 11.9. The van der Waals surface area contributed by atoms with Gasteiger partial charge in [0.15, 0.2) is 23.0 Å². The number of carboxylic acids is 1. The second kappa shape index (κ2) is 7.30. The maximum Gasteiger partial charge on any atom is 0.316 e. The lowest BCUT2D eigenvalue weighted by molar-refractivity contribution is -0.143. The van der Waals surface area contributed by atoms with Crippen LogP contribution >= 0.6 is 0 Å². The molecule has 0 aromatic heterocycles. The van der Waals surface area contributed by atoms with Crippen molar-refractivity contribution in [2.24, 2.45) is 0 Å². The molecule has 6 rings (SSSR count). The molecule has 1 spiro atoms. The highest BCUT2D eigenvalue weighted by molar-refractivity contribution is 5.87. The van der Waals surface area contributed by atoms with Gasteiger partial charge in [0.2, 0.25) is 0 Å². The third kappa shape index (κ3) is 3.44. The number of phenols is 2. The largest absolute Gasteiger partial charge is 0.504 e. The van der Waals surface area contributed by atoms with Gasteiger partial charge in [0.25, 0.3) is 5.79 Å². The normalized spacial score (nSPS) is 21.2. The molecule has 3 N–H and O–H groups in total. The molecule has 33 heavy (non-hydrogen) atoms. The standard InChI is InChI=1S/C15H16O4.C10H10O4/c1-17-13(16)14(7-8-14)10-3-4-11-12(9-10)19-15(18-11)5-2-6-15;11-7-2-1-6(5-8(7)12)10(3-4-10)9(13)14/h3-4,9H,2,5-8H2,1H3;1-2,5,11-12H,3-4H2,(H,13,14). The Bertz CT molecular complexity index is 1130. The van der Waals surface area contributed by atoms with E-state index in [1.807, 2.05) is 18.2 Å². The highest BCUT2D eigenvalue weighted by Gasteiger charge is 2.54. The monoisotopic (exact) mass is 454 g/mol. The number of fused-ring (bicyclic) bond motifs is 1. The minimum atomic E-state index is -0.873. The Morgan fingerprint density at radius 1 is 0.818 bits per heavy atom. The Morgan fingerprint density at radius 2 is 1.42 bits per heavy atom. The summed E-state index contributed by atoms with van der Waals surface area (Å²) in [7, 11) is 1.44. The predicted octanol–water partition coefficient (Wildman–Crippen LogP) is 3.76. The van der Waals surface area contributed by atoms with Crippen molar-refractivity contribution in [3.63, 3.8) is 0 Å². The zero-order valence-corrected chi connectivity index (χ0v) is 18.3. The first-order chi connectivity index (χ1) is 15.7. The van der Waals surface area contributed by atoms with E-state index in [9.17, 15) is 14.7 Å². The molecule has 174 valence electrons. The molecule has 3 aliphatic carbocycles. The average molecular weight is 454 g/mol. The molecule has 3 saturated carbocycles. The first kappa shape index (κ1) is 21.4. The molecule has 0 unspecified atom stereocenters. The number of aromatic hydroxyl groups is 2. The quantitative estimate of drug-likeness (QED) is 0.472. The van der Waals surface area contributed by atoms with Crippen LogP contribution in [0.15, 0.2) is 36.4 Å². The number of phenolic OH excluding ortho intramolecular Hbond substituents is 2. The lowest BCUT2D eigenvalue weighted by atomic mass is 9.91. The van der Waals surface area contributed by atoms with Crippen molar-refractivity contribution in [1.29, 1.82) is 0 Å². The first-order valence-electron chi connectivity index (χ1n) is 11.1. The number of benzene rings is 2. The van der Waals surface area contributed by atoms with E-state index in [0.717, 1.165) is 49.2 Å². The van der Waals surface area contributed by atoms with E-state index in [-0.39, 0.29) is 17.5 Å². The molecule has 0 saturated heterocycles. The second-order valence-corrected chi connectivity index (χ2v) is 9.29. The number of hydrogen-bond acceptors (Lipinski definition) is 7. The van der Waals surface area contributed by atoms with Gasteiger partial charge in [-0.15, -0.1) is 0 Å². The Labute approximate surface area is 190 Å². The number of carbonyl (C=O) groups excluding carboxylic acids is 1. The fraction of sp³-hybridized carbons (Fsp3) is 0.440. The lowest BCUT2D eigenvalue weighted by Gasteiger charge is -2.35. The molecule has 3 fully saturated rings. The number of aliphatic carboxylic acids is 1. The smallest absolute Gasteiger partial charge is 0.316 e. The van der Waals surface area contributed by atoms with Crippen LogP contribution in [0.1, 0.15) is 56.1 Å². The first-order valence-corrected chi connectivity index (χ1v) is 11.1. The van der Waals surface area contributed by atoms with Crippen LogP contribution in [0.2, 0.25) is 0 Å². The van der Waals surface area contributed by atoms with Crippen molar-refractivity contribution in [3.05, 3.63) is 47.5 Å². The van der Waals surface area contributed by atoms with Gasteiger partial charge in [-0.2, -0.15) is 0 Å². The molecule has 0 bridgehead atoms. The molecule has 4 aliphatic rings. The van der Waals surface area contributed by atoms with Crippen LogP contribution in [-0.4, -0.2) is 40.2 Å². The molecule has 8 nitrogen and oxygen atoms in total. The molecule has 2 aromatic carbocycles. The summed E-state index contributed by atoms with van der Waals surface area (Å²) in [4.78, 5) is 22.8. The Balaban J connectivity index is 0.000000146. The number of carboxylic acid groups (broad SMARTS) is 1. The molecule has 1 heterocycles. The van der Waals surface area contributed by atoms with Crippen molar-refractivity contribution in [2.75, 3.05) is 7.11 Å². The van der Waals surface area contributed by atoms with Gasteiger partial charge in [0.05, 0.1) is 17.9 Å². The minimum Gasteiger partial charge on any atom is -0.504 e. The van der Waals surface area contributed by atoms with Crippen molar-refractivity contribution in [3.8, 4) is 23.0 Å². The van der Waals surface area contributed by atoms with Crippen molar-refractivity contribution in [2.45, 2.75) is 61.6 Å². The summed E-state index contributed by atoms with van der Waals surface area (Å²) in [6.45, 7) is 0. The molecule has 1 aliphatic heterocycles. The van der Waals surface area contributed by atoms with Crippen LogP contribution in [0.4, 0.5) is 0 Å². The van der Waals surface area contributed by atoms with E-state index < -0.39 is 22.6 Å². The molecule has 8 heteroatoms. The number of methoxy groups -OCH3 is 1. The zero-order valence-electron chi connectivity index (χ0n) is 18.3. The van der Waals surface area contributed by atoms with Crippen LogP contribution in [0, 0.1) is 0 Å². The summed E-state index contributed by atoms with van der Waals surface area (Å²) in [6.07, 6.45) is 5.92. The van der Waals surface area contributed by atoms with Gasteiger partial charge in [-0.1, -0.05) is 12.1 Å². The Kier molecular flexibility index (Phi) is 4.74. The van der Waals surface area contributed by atoms with Crippen molar-refractivity contribution >= 4 is 11.9 Å². The van der Waals surface area contributed by atoms with Crippen LogP contribution in [0.3, 0.4) is 0 Å². The SMILES string of the molecule is COC(=O)C1(c2ccc3c(c2)OC2(CCC2)O3)CC1.O=C(O)C1(c2ccc(O)c(O)c2)CC1. The summed E-state index contributed by atoms with van der Waals surface area (Å²) in [6, 6.07) is 10.00. The Morgan fingerprint density at radius 3 is 1.94 bits per heavy atom. The van der Waals surface area contributed by atoms with Gasteiger partial charge in [0.1, 0.15) is 0 Å². The number of hydrogen-bond donors (Lipinski definition) is 3. The molecule has 0 radical (unpaired) electrons. The van der Waals surface area contributed by atoms with Gasteiger partial charge in [-0.3, -0.25) is 9.59 Å². The van der Waals surface area contributed by atoms with Crippen LogP contribution < -0.4 is 9.47 Å². The highest BCUT2D eigenvalue weighted by Crippen LogP contribution is 2.54. The van der Waals surface area contributed by atoms with Gasteiger partial charge in [0, 0.05) is 12.8 Å². The highest BCUT2D eigenvalue weighted by atomic mass is 16.7. The molecular weight excluding hydrogens is 428 g/mol. The third-order valence-corrected chi connectivity index (χ3v) is 7.22. The average Bonchev–Trinajstić information content (AvgIpc) is 3.70. The number of carbonyl (C=O) groups is 2. The minimum absolute atomic E-state index is 0.148. The van der Waals surface area contributed by atoms with E-state index in [1.54, 1.807) is 0 Å². The van der Waals surface area contributed by atoms with E-state index in [1.165, 1.54) is 25.3 Å². The third-order valence-electron chi connectivity index (χ3n) is 7.22. The Hall–Kier alpha value is -3.42. The molecule has 0 atom stereocenters. The van der Waals surface area contributed by atoms with Crippen LogP contribution in [0.25, 0.3) is 0 Å². The van der Waals surface area contributed by atoms with Crippen LogP contribution in [0.5, 0.6) is 23.0 Å². The van der Waals surface area contributed by atoms with Gasteiger partial charge < -0.3 is 29.5 Å². The molecule has 2 aromatic rings. The lowest BCUT2D eigenvalue weighted by Crippen LogP contribution is -2.45. The van der Waals surface area contributed by atoms with E-state index in [2.05, 4.69) is 0 Å². The van der Waals surface area contributed by atoms with E-state index in [0.29, 0.717) is 18.4 Å². The maximum atomic E-state index is 11.9. The number of rotatable bonds is 4. The van der Waals surface area contributed by atoms with Crippen molar-refractivity contribution < 1.29 is 39.1 Å². The summed E-state index contributed by atoms with van der Waals surface area (Å²) >= 11 is 0. The fourth-order valence-electron chi connectivity index (χ4n) is 4.56. The van der Waals surface area contributed by atoms with E-state index >= 15 is 0 Å². The molecular formula is C25H26O8. The summed E-state index contributed by atoms with van der Waals surface area (Å²) in [5.74, 6) is -0.364. The number of ether oxygens (including phenoxy) is 3.